The van der Waals surface area contributed by atoms with E-state index in [1.807, 2.05) is 36.4 Å². The molecular formula is C118H46N4O10. The maximum atomic E-state index is 18.2. The number of aromatic amines is 2. The molecule has 31 aromatic rings. The van der Waals surface area contributed by atoms with Crippen molar-refractivity contribution in [3.8, 4) is 56.0 Å². The van der Waals surface area contributed by atoms with Crippen LogP contribution in [0, 0.1) is 10.8 Å². The van der Waals surface area contributed by atoms with Gasteiger partial charge in [0.1, 0.15) is 11.5 Å². The average molecular weight is 1680 g/mol. The largest absolute Gasteiger partial charge is 0.493 e. The smallest absolute Gasteiger partial charge is 0.326 e. The van der Waals surface area contributed by atoms with Gasteiger partial charge in [-0.25, -0.2) is 9.97 Å². The summed E-state index contributed by atoms with van der Waals surface area (Å²) >= 11 is 0. The number of aromatic nitrogens is 4. The molecule has 29 bridgehead atoms. The molecule has 6 atom stereocenters. The number of carbonyl (C=O) groups is 4. The van der Waals surface area contributed by atoms with Crippen LogP contribution in [0.25, 0.3) is 349 Å². The normalized spacial score (nSPS) is 23.5. The fraction of sp³-hybridized carbons (Fsp3) is 0.119. The van der Waals surface area contributed by atoms with Gasteiger partial charge in [0.2, 0.25) is 0 Å². The first kappa shape index (κ1) is 61.2. The number of fused-ring (bicyclic) bond motifs is 14. The van der Waals surface area contributed by atoms with Crippen molar-refractivity contribution in [2.45, 2.75) is 34.5 Å². The predicted octanol–water partition coefficient (Wildman–Crippen LogP) is 25.2. The Hall–Kier alpha value is -16.3. The molecule has 14 nitrogen and oxygen atoms in total. The molecule has 7 heterocycles. The van der Waals surface area contributed by atoms with Crippen molar-refractivity contribution in [1.82, 2.24) is 19.9 Å². The SMILES string of the molecule is COC(=O)C12C(=O)OCCCOc3cccc(c3)-c3c4nc(c(-c5ccccc5)c5ccc([nH]5)c(c5nc(c(-c6ccccc6)c6ccc3[nH]6)C=C5)-c3cccc(c3)OCCCOC(=O)C3(C(=O)OC)C56c7c8c9c%10c%11c%12c(c%13c%14c5c5c7c7c%15c%16c%17c%18c%19c%20c%21c%22c%23c%24c%25c(c%16c7c7c5c5c%14c%14c%13c%13c%12c%12c%16c%11c(c9c%18c8%15)c%19c%16c%21c8c%22c9c%24c(c5c%257)c%14c9c%13c8%12)C%231C%17%202)C%1036)C=C4. The van der Waals surface area contributed by atoms with Gasteiger partial charge in [0.15, 0.2) is 10.8 Å². The van der Waals surface area contributed by atoms with Gasteiger partial charge in [-0.1, -0.05) is 84.9 Å². The van der Waals surface area contributed by atoms with E-state index < -0.39 is 56.4 Å². The van der Waals surface area contributed by atoms with Crippen LogP contribution in [0.2, 0.25) is 0 Å². The monoisotopic (exact) mass is 1680 g/mol. The maximum Gasteiger partial charge on any atom is 0.326 e. The van der Waals surface area contributed by atoms with Gasteiger partial charge in [-0.05, 0) is 398 Å². The highest BCUT2D eigenvalue weighted by atomic mass is 16.6. The molecule has 4 aliphatic heterocycles. The lowest BCUT2D eigenvalue weighted by Crippen LogP contribution is -2.38. The van der Waals surface area contributed by atoms with Gasteiger partial charge >= 0.3 is 23.9 Å². The quantitative estimate of drug-likeness (QED) is 0.0738. The van der Waals surface area contributed by atoms with Crippen LogP contribution in [0.3, 0.4) is 0 Å². The first-order valence-corrected chi connectivity index (χ1v) is 46.5. The van der Waals surface area contributed by atoms with Crippen molar-refractivity contribution in [3.63, 3.8) is 0 Å². The number of esters is 4. The Balaban J connectivity index is 0.602. The van der Waals surface area contributed by atoms with E-state index in [1.165, 1.54) is 240 Å². The number of nitrogens with one attached hydrogen (secondary N) is 2. The van der Waals surface area contributed by atoms with Crippen LogP contribution >= 0.6 is 0 Å². The minimum Gasteiger partial charge on any atom is -0.493 e. The minimum atomic E-state index is -1.98. The molecule has 0 radical (unpaired) electrons. The number of rotatable bonds is 4. The number of nitrogens with zero attached hydrogens (tertiary/aromatic N) is 2. The van der Waals surface area contributed by atoms with Gasteiger partial charge < -0.3 is 38.4 Å². The standard InChI is InChI=1S/C118H46N4O10/c1-127-109(123)117-111(125)131-31-11-29-129-39-19-9-17-37(33-39)51-45-25-21-41(119-45)49(35-13-5-3-6-14-35)43-23-27-47(121-43)52(48-28-24-44(122-48)50(36-15-7-4-8-16-36)42-22-26-46(51)120-42)38-18-10-20-40(34-38)130-30-12-32-132-112(126)118(110(124)128-2)114-102-86-70-58-56-54-53-55-57-59-66-76-64(55)74(62(54)70)90(102)92(76)104-94-78(66)67-71(59)87-85-69(57)61(53)73-63(56)75-65-60(58)72-68-77(65)93-97-81-80(68)96(106(114)88(72)86)100-84(81)83-82(98(94)108(100)116(104,114)118)79(67)95-99(83)107(97)115(117)103(93)91(75)89(73)101(85)113(115,117)105(87)95/h3-10,13-28,33-34,119,122H,11-12,29-32H2,1-2H3. The summed E-state index contributed by atoms with van der Waals surface area (Å²) in [7, 11) is 3.04. The zero-order valence-electron chi connectivity index (χ0n) is 69.2. The van der Waals surface area contributed by atoms with E-state index in [9.17, 15) is 0 Å². The highest BCUT2D eigenvalue weighted by Gasteiger charge is 3.04. The fourth-order valence-electron chi connectivity index (χ4n) is 36.5. The van der Waals surface area contributed by atoms with Crippen molar-refractivity contribution < 1.29 is 47.6 Å². The van der Waals surface area contributed by atoms with E-state index in [4.69, 9.17) is 38.4 Å². The van der Waals surface area contributed by atoms with E-state index in [1.54, 1.807) is 0 Å². The Labute approximate surface area is 734 Å². The van der Waals surface area contributed by atoms with Crippen LogP contribution < -0.4 is 9.47 Å². The number of hydrogen-bond donors (Lipinski definition) is 2. The Kier molecular flexibility index (Phi) is 7.86. The minimum absolute atomic E-state index is 0.0406. The second-order valence-electron chi connectivity index (χ2n) is 41.4. The van der Waals surface area contributed by atoms with Gasteiger partial charge in [-0.3, -0.25) is 19.2 Å². The van der Waals surface area contributed by atoms with E-state index >= 15 is 19.2 Å². The molecule has 3 aromatic heterocycles. The van der Waals surface area contributed by atoms with E-state index in [-0.39, 0.29) is 26.4 Å². The number of benzene rings is 20. The van der Waals surface area contributed by atoms with Crippen molar-refractivity contribution >= 4 is 329 Å². The lowest BCUT2D eigenvalue weighted by molar-refractivity contribution is -0.166. The van der Waals surface area contributed by atoms with Crippen LogP contribution in [-0.4, -0.2) is 84.5 Å². The molecule has 14 heteroatoms. The summed E-state index contributed by atoms with van der Waals surface area (Å²) < 4.78 is 42.1. The molecule has 132 heavy (non-hydrogen) atoms. The van der Waals surface area contributed by atoms with E-state index in [2.05, 4.69) is 131 Å². The molecule has 0 saturated heterocycles. The van der Waals surface area contributed by atoms with Gasteiger partial charge in [0.25, 0.3) is 0 Å². The summed E-state index contributed by atoms with van der Waals surface area (Å²) in [6, 6.07) is 45.8. The first-order chi connectivity index (χ1) is 65.2. The lowest BCUT2D eigenvalue weighted by atomic mass is 9.67. The van der Waals surface area contributed by atoms with E-state index in [0.717, 1.165) is 166 Å². The molecule has 6 unspecified atom stereocenters. The van der Waals surface area contributed by atoms with Gasteiger partial charge in [0.05, 0.1) is 85.1 Å². The molecule has 598 valence electrons. The van der Waals surface area contributed by atoms with Crippen LogP contribution in [-0.2, 0) is 59.8 Å². The average Bonchev–Trinajstić information content (AvgIpc) is 1.34. The first-order valence-electron chi connectivity index (χ1n) is 46.5. The summed E-state index contributed by atoms with van der Waals surface area (Å²) in [5.74, 6) is -0.976. The third-order valence-corrected chi connectivity index (χ3v) is 38.6. The number of carbonyl (C=O) groups excluding carboxylic acids is 4. The maximum absolute atomic E-state index is 18.2. The third-order valence-electron chi connectivity index (χ3n) is 38.6. The van der Waals surface area contributed by atoms with Crippen molar-refractivity contribution in [2.24, 2.45) is 10.8 Å². The molecular weight excluding hydrogens is 1630 g/mol. The van der Waals surface area contributed by atoms with Crippen LogP contribution in [0.15, 0.2) is 133 Å². The molecule has 10 aliphatic carbocycles. The summed E-state index contributed by atoms with van der Waals surface area (Å²) in [6.45, 7) is 0.285. The van der Waals surface area contributed by atoms with E-state index in [0.29, 0.717) is 24.3 Å². The lowest BCUT2D eigenvalue weighted by Gasteiger charge is -2.32. The third kappa shape index (κ3) is 4.51. The highest BCUT2D eigenvalue weighted by Crippen LogP contribution is 3.00. The number of methoxy groups -OCH3 is 2. The summed E-state index contributed by atoms with van der Waals surface area (Å²) in [5, 5.41) is 59.2. The van der Waals surface area contributed by atoms with Crippen molar-refractivity contribution in [1.29, 1.82) is 0 Å². The Morgan fingerprint density at radius 1 is 0.265 bits per heavy atom. The molecule has 2 fully saturated rings. The highest BCUT2D eigenvalue weighted by molar-refractivity contribution is 6.78. The zero-order valence-corrected chi connectivity index (χ0v) is 69.2. The predicted molar refractivity (Wildman–Crippen MR) is 519 cm³/mol. The molecule has 45 rings (SSSR count). The Morgan fingerprint density at radius 2 is 0.477 bits per heavy atom. The van der Waals surface area contributed by atoms with Gasteiger partial charge in [-0.2, -0.15) is 0 Å². The molecule has 4 spiro atoms. The zero-order chi connectivity index (χ0) is 83.7. The summed E-state index contributed by atoms with van der Waals surface area (Å²) in [6.07, 6.45) is 9.05. The van der Waals surface area contributed by atoms with Gasteiger partial charge in [-0.15, -0.1) is 0 Å². The molecule has 2 saturated carbocycles. The molecule has 0 amide bonds. The number of hydrogen-bond acceptors (Lipinski definition) is 12. The van der Waals surface area contributed by atoms with Crippen molar-refractivity contribution in [3.05, 3.63) is 201 Å². The number of ether oxygens (including phenoxy) is 6. The number of H-pyrrole nitrogens is 2. The molecule has 2 N–H and O–H groups in total. The van der Waals surface area contributed by atoms with Crippen LogP contribution in [0.1, 0.15) is 80.1 Å². The second-order valence-corrected chi connectivity index (χ2v) is 41.4. The van der Waals surface area contributed by atoms with Crippen LogP contribution in [0.5, 0.6) is 11.5 Å². The van der Waals surface area contributed by atoms with Crippen molar-refractivity contribution in [2.75, 3.05) is 40.6 Å². The molecule has 28 aromatic carbocycles. The summed E-state index contributed by atoms with van der Waals surface area (Å²) in [4.78, 5) is 90.9. The molecule has 14 aliphatic rings. The van der Waals surface area contributed by atoms with Crippen LogP contribution in [0.4, 0.5) is 0 Å². The fourth-order valence-corrected chi connectivity index (χ4v) is 36.5. The summed E-state index contributed by atoms with van der Waals surface area (Å²) in [5.41, 5.74) is 13.1. The van der Waals surface area contributed by atoms with Gasteiger partial charge in [0, 0.05) is 57.2 Å². The Bertz CT molecular complexity index is 11100. The second kappa shape index (κ2) is 17.0. The topological polar surface area (TPSA) is 181 Å². The Morgan fingerprint density at radius 3 is 0.712 bits per heavy atom.